The van der Waals surface area contributed by atoms with Gasteiger partial charge in [0.25, 0.3) is 0 Å². The number of anilines is 1. The van der Waals surface area contributed by atoms with Gasteiger partial charge in [-0.1, -0.05) is 42.1 Å². The van der Waals surface area contributed by atoms with E-state index in [4.69, 9.17) is 0 Å². The highest BCUT2D eigenvalue weighted by Crippen LogP contribution is 2.25. The van der Waals surface area contributed by atoms with Crippen LogP contribution in [-0.2, 0) is 11.3 Å². The molecule has 0 spiro atoms. The minimum absolute atomic E-state index is 0.105. The molecule has 0 atom stereocenters. The van der Waals surface area contributed by atoms with E-state index in [2.05, 4.69) is 15.5 Å². The van der Waals surface area contributed by atoms with Crippen molar-refractivity contribution in [3.05, 3.63) is 96.1 Å². The summed E-state index contributed by atoms with van der Waals surface area (Å²) in [5, 5.41) is 11.8. The van der Waals surface area contributed by atoms with Crippen LogP contribution in [0.2, 0.25) is 0 Å². The lowest BCUT2D eigenvalue weighted by atomic mass is 10.2. The summed E-state index contributed by atoms with van der Waals surface area (Å²) in [5.74, 6) is -0.243. The highest BCUT2D eigenvalue weighted by atomic mass is 32.2. The van der Waals surface area contributed by atoms with Crippen LogP contribution < -0.4 is 5.32 Å². The molecule has 0 aliphatic heterocycles. The minimum atomic E-state index is -0.366. The van der Waals surface area contributed by atoms with Gasteiger partial charge in [-0.2, -0.15) is 0 Å². The molecule has 0 aliphatic rings. The summed E-state index contributed by atoms with van der Waals surface area (Å²) in [5.41, 5.74) is 2.29. The van der Waals surface area contributed by atoms with E-state index in [0.717, 1.165) is 11.1 Å². The van der Waals surface area contributed by atoms with E-state index in [1.807, 2.05) is 34.9 Å². The molecule has 156 valence electrons. The van der Waals surface area contributed by atoms with Crippen LogP contribution >= 0.6 is 11.8 Å². The Hall–Kier alpha value is -3.52. The van der Waals surface area contributed by atoms with E-state index >= 15 is 0 Å². The van der Waals surface area contributed by atoms with Crippen molar-refractivity contribution in [2.45, 2.75) is 11.7 Å². The van der Waals surface area contributed by atoms with Crippen LogP contribution in [0.15, 0.2) is 84.0 Å². The van der Waals surface area contributed by atoms with Gasteiger partial charge < -0.3 is 5.32 Å². The van der Waals surface area contributed by atoms with E-state index in [9.17, 15) is 13.6 Å². The lowest BCUT2D eigenvalue weighted by molar-refractivity contribution is -0.113. The number of rotatable bonds is 7. The largest absolute Gasteiger partial charge is 0.325 e. The lowest BCUT2D eigenvalue weighted by Gasteiger charge is -2.11. The number of amides is 1. The third-order valence-electron chi connectivity index (χ3n) is 4.46. The van der Waals surface area contributed by atoms with Crippen molar-refractivity contribution in [1.29, 1.82) is 0 Å². The summed E-state index contributed by atoms with van der Waals surface area (Å²) in [4.78, 5) is 12.3. The molecular weight excluding hydrogens is 418 g/mol. The molecule has 4 aromatic rings. The Morgan fingerprint density at radius 2 is 1.52 bits per heavy atom. The van der Waals surface area contributed by atoms with E-state index in [0.29, 0.717) is 23.2 Å². The second-order valence-corrected chi connectivity index (χ2v) is 7.67. The van der Waals surface area contributed by atoms with Gasteiger partial charge in [0.05, 0.1) is 12.3 Å². The zero-order valence-electron chi connectivity index (χ0n) is 16.3. The quantitative estimate of drug-likeness (QED) is 0.414. The molecule has 1 aromatic heterocycles. The number of hydrogen-bond donors (Lipinski definition) is 1. The van der Waals surface area contributed by atoms with Crippen molar-refractivity contribution >= 4 is 23.4 Å². The zero-order chi connectivity index (χ0) is 21.6. The molecular formula is C23H18F2N4OS. The second-order valence-electron chi connectivity index (χ2n) is 6.73. The van der Waals surface area contributed by atoms with E-state index in [1.54, 1.807) is 12.1 Å². The van der Waals surface area contributed by atoms with Crippen molar-refractivity contribution in [1.82, 2.24) is 14.8 Å². The third kappa shape index (κ3) is 5.35. The van der Waals surface area contributed by atoms with Crippen molar-refractivity contribution < 1.29 is 13.6 Å². The number of aromatic nitrogens is 3. The normalized spacial score (nSPS) is 10.8. The van der Waals surface area contributed by atoms with Gasteiger partial charge in [-0.05, 0) is 54.1 Å². The van der Waals surface area contributed by atoms with Crippen molar-refractivity contribution in [3.8, 4) is 11.4 Å². The van der Waals surface area contributed by atoms with Crippen LogP contribution in [0.5, 0.6) is 0 Å². The summed E-state index contributed by atoms with van der Waals surface area (Å²) in [6, 6.07) is 21.4. The van der Waals surface area contributed by atoms with Gasteiger partial charge in [-0.15, -0.1) is 10.2 Å². The average Bonchev–Trinajstić information content (AvgIpc) is 3.17. The first-order valence-electron chi connectivity index (χ1n) is 9.50. The molecule has 0 saturated carbocycles. The molecule has 0 saturated heterocycles. The number of benzene rings is 3. The Morgan fingerprint density at radius 3 is 2.19 bits per heavy atom. The van der Waals surface area contributed by atoms with Gasteiger partial charge in [0.1, 0.15) is 11.6 Å². The maximum Gasteiger partial charge on any atom is 0.234 e. The van der Waals surface area contributed by atoms with E-state index in [-0.39, 0.29) is 23.3 Å². The van der Waals surface area contributed by atoms with Crippen LogP contribution in [0.3, 0.4) is 0 Å². The van der Waals surface area contributed by atoms with Crippen molar-refractivity contribution in [3.63, 3.8) is 0 Å². The Bertz CT molecular complexity index is 1160. The third-order valence-corrected chi connectivity index (χ3v) is 5.43. The second kappa shape index (κ2) is 9.53. The molecule has 0 radical (unpaired) electrons. The van der Waals surface area contributed by atoms with Gasteiger partial charge in [-0.3, -0.25) is 9.36 Å². The average molecular weight is 436 g/mol. The fraction of sp³-hybridized carbons (Fsp3) is 0.0870. The summed E-state index contributed by atoms with van der Waals surface area (Å²) in [6.07, 6.45) is 0. The molecule has 0 unspecified atom stereocenters. The van der Waals surface area contributed by atoms with Crippen LogP contribution in [-0.4, -0.2) is 26.4 Å². The summed E-state index contributed by atoms with van der Waals surface area (Å²) in [6.45, 7) is 0.502. The summed E-state index contributed by atoms with van der Waals surface area (Å²) >= 11 is 1.24. The van der Waals surface area contributed by atoms with Crippen LogP contribution in [0, 0.1) is 11.6 Å². The fourth-order valence-corrected chi connectivity index (χ4v) is 3.71. The first-order chi connectivity index (χ1) is 15.1. The predicted molar refractivity (Wildman–Crippen MR) is 117 cm³/mol. The molecule has 0 fully saturated rings. The first kappa shape index (κ1) is 20.7. The minimum Gasteiger partial charge on any atom is -0.325 e. The van der Waals surface area contributed by atoms with Crippen molar-refractivity contribution in [2.75, 3.05) is 11.1 Å². The fourth-order valence-electron chi connectivity index (χ4n) is 2.98. The molecule has 5 nitrogen and oxygen atoms in total. The first-order valence-corrected chi connectivity index (χ1v) is 10.5. The molecule has 31 heavy (non-hydrogen) atoms. The Morgan fingerprint density at radius 1 is 0.871 bits per heavy atom. The topological polar surface area (TPSA) is 59.8 Å². The maximum absolute atomic E-state index is 13.4. The number of carbonyl (C=O) groups excluding carboxylic acids is 1. The smallest absolute Gasteiger partial charge is 0.234 e. The number of hydrogen-bond acceptors (Lipinski definition) is 4. The van der Waals surface area contributed by atoms with Crippen LogP contribution in [0.4, 0.5) is 14.5 Å². The van der Waals surface area contributed by atoms with Gasteiger partial charge in [-0.25, -0.2) is 8.78 Å². The van der Waals surface area contributed by atoms with Gasteiger partial charge in [0, 0.05) is 11.3 Å². The Labute approximate surface area is 182 Å². The Balaban J connectivity index is 1.54. The molecule has 0 bridgehead atoms. The maximum atomic E-state index is 13.4. The molecule has 0 aliphatic carbocycles. The Kier molecular flexibility index (Phi) is 6.37. The zero-order valence-corrected chi connectivity index (χ0v) is 17.2. The lowest BCUT2D eigenvalue weighted by Crippen LogP contribution is -2.14. The van der Waals surface area contributed by atoms with Gasteiger partial charge in [0.2, 0.25) is 5.91 Å². The summed E-state index contributed by atoms with van der Waals surface area (Å²) in [7, 11) is 0. The van der Waals surface area contributed by atoms with Gasteiger partial charge in [0.15, 0.2) is 11.0 Å². The standard InChI is InChI=1S/C23H18F2N4OS/c24-18-8-6-17(7-9-18)22-27-28-23(29(22)14-16-4-2-1-3-5-16)31-15-21(30)26-20-12-10-19(25)11-13-20/h1-13H,14-15H2,(H,26,30). The van der Waals surface area contributed by atoms with Crippen LogP contribution in [0.1, 0.15) is 5.56 Å². The molecule has 8 heteroatoms. The monoisotopic (exact) mass is 436 g/mol. The molecule has 3 aromatic carbocycles. The SMILES string of the molecule is O=C(CSc1nnc(-c2ccc(F)cc2)n1Cc1ccccc1)Nc1ccc(F)cc1. The number of nitrogens with one attached hydrogen (secondary N) is 1. The molecule has 1 N–H and O–H groups in total. The number of thioether (sulfide) groups is 1. The number of carbonyl (C=O) groups is 1. The van der Waals surface area contributed by atoms with E-state index in [1.165, 1.54) is 48.2 Å². The van der Waals surface area contributed by atoms with Gasteiger partial charge >= 0.3 is 0 Å². The number of nitrogens with zero attached hydrogens (tertiary/aromatic N) is 3. The summed E-state index contributed by atoms with van der Waals surface area (Å²) < 4.78 is 28.3. The highest BCUT2D eigenvalue weighted by Gasteiger charge is 2.16. The predicted octanol–water partition coefficient (Wildman–Crippen LogP) is 5.00. The van der Waals surface area contributed by atoms with Crippen LogP contribution in [0.25, 0.3) is 11.4 Å². The molecule has 1 amide bonds. The molecule has 1 heterocycles. The van der Waals surface area contributed by atoms with Crippen molar-refractivity contribution in [2.24, 2.45) is 0 Å². The van der Waals surface area contributed by atoms with E-state index < -0.39 is 0 Å². The number of halogens is 2. The highest BCUT2D eigenvalue weighted by molar-refractivity contribution is 7.99. The molecule has 4 rings (SSSR count).